The number of nitrogens with zero attached hydrogens (tertiary/aromatic N) is 2. The smallest absolute Gasteiger partial charge is 0.329 e. The van der Waals surface area contributed by atoms with Gasteiger partial charge in [-0.15, -0.1) is 0 Å². The van der Waals surface area contributed by atoms with E-state index in [1.165, 1.54) is 24.8 Å². The van der Waals surface area contributed by atoms with Crippen molar-refractivity contribution < 1.29 is 23.5 Å². The van der Waals surface area contributed by atoms with Crippen LogP contribution in [0.3, 0.4) is 0 Å². The minimum Gasteiger partial charge on any atom is -0.464 e. The third kappa shape index (κ3) is 4.40. The summed E-state index contributed by atoms with van der Waals surface area (Å²) in [5, 5.41) is 0.752. The second-order valence-electron chi connectivity index (χ2n) is 6.80. The van der Waals surface area contributed by atoms with Gasteiger partial charge in [-0.3, -0.25) is 14.5 Å². The Hall–Kier alpha value is -2.98. The molecule has 1 fully saturated rings. The Morgan fingerprint density at radius 1 is 1.35 bits per heavy atom. The van der Waals surface area contributed by atoms with Crippen molar-refractivity contribution in [1.29, 1.82) is 0 Å². The van der Waals surface area contributed by atoms with Crippen LogP contribution in [0.25, 0.3) is 17.1 Å². The zero-order valence-corrected chi connectivity index (χ0v) is 18.6. The van der Waals surface area contributed by atoms with Gasteiger partial charge in [0, 0.05) is 6.08 Å². The van der Waals surface area contributed by atoms with Gasteiger partial charge in [0.1, 0.15) is 11.8 Å². The molecule has 2 amide bonds. The molecule has 1 aromatic carbocycles. The summed E-state index contributed by atoms with van der Waals surface area (Å²) < 4.78 is 10.7. The topological polar surface area (TPSA) is 106 Å². The van der Waals surface area contributed by atoms with Gasteiger partial charge in [-0.2, -0.15) is 0 Å². The van der Waals surface area contributed by atoms with Crippen molar-refractivity contribution in [3.8, 4) is 0 Å². The van der Waals surface area contributed by atoms with E-state index in [-0.39, 0.29) is 11.5 Å². The van der Waals surface area contributed by atoms with Crippen molar-refractivity contribution in [2.45, 2.75) is 37.1 Å². The van der Waals surface area contributed by atoms with Crippen LogP contribution in [-0.4, -0.2) is 44.6 Å². The number of H-pyrrole nitrogens is 1. The highest BCUT2D eigenvalue weighted by Crippen LogP contribution is 2.35. The quantitative estimate of drug-likeness (QED) is 0.423. The first-order valence-electron chi connectivity index (χ1n) is 9.53. The number of aromatic amines is 1. The molecule has 0 aliphatic carbocycles. The van der Waals surface area contributed by atoms with Crippen LogP contribution < -0.4 is 0 Å². The highest BCUT2D eigenvalue weighted by atomic mass is 32.2. The summed E-state index contributed by atoms with van der Waals surface area (Å²) in [5.74, 6) is -0.749. The van der Waals surface area contributed by atoms with Gasteiger partial charge in [-0.1, -0.05) is 6.07 Å². The lowest BCUT2D eigenvalue weighted by Gasteiger charge is -2.19. The second kappa shape index (κ2) is 8.64. The number of aromatic nitrogens is 2. The lowest BCUT2D eigenvalue weighted by atomic mass is 10.2. The molecule has 1 aliphatic heterocycles. The van der Waals surface area contributed by atoms with Crippen LogP contribution in [0.2, 0.25) is 0 Å². The molecule has 10 heteroatoms. The first-order valence-corrected chi connectivity index (χ1v) is 11.2. The zero-order chi connectivity index (χ0) is 22.1. The van der Waals surface area contributed by atoms with Gasteiger partial charge in [-0.05, 0) is 74.1 Å². The van der Waals surface area contributed by atoms with Gasteiger partial charge in [0.25, 0.3) is 11.1 Å². The molecule has 1 aliphatic rings. The molecule has 31 heavy (non-hydrogen) atoms. The molecule has 0 radical (unpaired) electrons. The third-order valence-electron chi connectivity index (χ3n) is 4.53. The van der Waals surface area contributed by atoms with Crippen molar-refractivity contribution >= 4 is 57.7 Å². The average Bonchev–Trinajstić information content (AvgIpc) is 3.40. The van der Waals surface area contributed by atoms with Crippen LogP contribution in [0.15, 0.2) is 49.9 Å². The average molecular weight is 458 g/mol. The monoisotopic (exact) mass is 457 g/mol. The largest absolute Gasteiger partial charge is 0.464 e. The Balaban J connectivity index is 1.49. The maximum absolute atomic E-state index is 12.6. The first-order chi connectivity index (χ1) is 14.9. The predicted molar refractivity (Wildman–Crippen MR) is 118 cm³/mol. The van der Waals surface area contributed by atoms with Gasteiger partial charge < -0.3 is 14.1 Å². The van der Waals surface area contributed by atoms with Gasteiger partial charge in [0.05, 0.1) is 22.5 Å². The van der Waals surface area contributed by atoms with Gasteiger partial charge >= 0.3 is 5.97 Å². The standard InChI is InChI=1S/C21H19N3O5S2/c1-4-28-19(26)12(3)24-18(25)16(30-21(24)27)10-13-6-8-17(29-13)31-20-22-14-7-5-11(2)9-15(14)23-20/h5-10,12H,4H2,1-3H3,(H,22,23)/b16-10+/t12-/m1/s1. The fourth-order valence-corrected chi connectivity index (χ4v) is 4.68. The fraction of sp³-hybridized carbons (Fsp3) is 0.238. The van der Waals surface area contributed by atoms with Gasteiger partial charge in [0.15, 0.2) is 10.2 Å². The van der Waals surface area contributed by atoms with Crippen molar-refractivity contribution in [2.75, 3.05) is 6.61 Å². The molecule has 160 valence electrons. The van der Waals surface area contributed by atoms with E-state index in [0.29, 0.717) is 16.0 Å². The normalized spacial score (nSPS) is 16.5. The number of imidazole rings is 1. The number of hydrogen-bond donors (Lipinski definition) is 1. The molecule has 1 N–H and O–H groups in total. The molecule has 0 saturated carbocycles. The molecule has 4 rings (SSSR count). The summed E-state index contributed by atoms with van der Waals surface area (Å²) in [6.45, 7) is 5.32. The van der Waals surface area contributed by atoms with Crippen LogP contribution >= 0.6 is 23.5 Å². The van der Waals surface area contributed by atoms with Crippen LogP contribution in [0, 0.1) is 6.92 Å². The number of esters is 1. The zero-order valence-electron chi connectivity index (χ0n) is 17.0. The predicted octanol–water partition coefficient (Wildman–Crippen LogP) is 4.60. The fourth-order valence-electron chi connectivity index (χ4n) is 3.02. The van der Waals surface area contributed by atoms with E-state index in [2.05, 4.69) is 9.97 Å². The van der Waals surface area contributed by atoms with E-state index >= 15 is 0 Å². The molecular weight excluding hydrogens is 438 g/mol. The molecule has 2 aromatic heterocycles. The first kappa shape index (κ1) is 21.3. The number of amides is 2. The van der Waals surface area contributed by atoms with Crippen LogP contribution in [0.5, 0.6) is 0 Å². The van der Waals surface area contributed by atoms with Crippen molar-refractivity contribution in [1.82, 2.24) is 14.9 Å². The summed E-state index contributed by atoms with van der Waals surface area (Å²) in [6.07, 6.45) is 1.49. The molecular formula is C21H19N3O5S2. The van der Waals surface area contributed by atoms with Crippen molar-refractivity contribution in [3.05, 3.63) is 46.6 Å². The van der Waals surface area contributed by atoms with Crippen molar-refractivity contribution in [3.63, 3.8) is 0 Å². The summed E-state index contributed by atoms with van der Waals surface area (Å²) in [4.78, 5) is 45.7. The number of hydrogen-bond acceptors (Lipinski definition) is 8. The molecule has 1 atom stereocenters. The maximum Gasteiger partial charge on any atom is 0.329 e. The number of imide groups is 1. The minimum absolute atomic E-state index is 0.174. The SMILES string of the molecule is CCOC(=O)[C@@H](C)N1C(=O)S/C(=C/c2ccc(Sc3nc4ccc(C)cc4[nH]3)o2)C1=O. The molecule has 0 bridgehead atoms. The van der Waals surface area contributed by atoms with Gasteiger partial charge in [0.2, 0.25) is 0 Å². The highest BCUT2D eigenvalue weighted by Gasteiger charge is 2.41. The number of fused-ring (bicyclic) bond motifs is 1. The molecule has 3 heterocycles. The Morgan fingerprint density at radius 3 is 2.94 bits per heavy atom. The highest BCUT2D eigenvalue weighted by molar-refractivity contribution is 8.18. The Labute approximate surface area is 186 Å². The number of rotatable bonds is 6. The van der Waals surface area contributed by atoms with E-state index in [1.807, 2.05) is 25.1 Å². The maximum atomic E-state index is 12.6. The minimum atomic E-state index is -0.988. The number of ether oxygens (including phenoxy) is 1. The number of nitrogens with one attached hydrogen (secondary N) is 1. The Kier molecular flexibility index (Phi) is 5.92. The van der Waals surface area contributed by atoms with E-state index < -0.39 is 23.2 Å². The van der Waals surface area contributed by atoms with E-state index in [4.69, 9.17) is 9.15 Å². The van der Waals surface area contributed by atoms with E-state index in [1.54, 1.807) is 19.1 Å². The summed E-state index contributed by atoms with van der Waals surface area (Å²) >= 11 is 2.08. The number of benzene rings is 1. The second-order valence-corrected chi connectivity index (χ2v) is 8.79. The summed E-state index contributed by atoms with van der Waals surface area (Å²) in [7, 11) is 0. The summed E-state index contributed by atoms with van der Waals surface area (Å²) in [6, 6.07) is 8.45. The Morgan fingerprint density at radius 2 is 2.16 bits per heavy atom. The lowest BCUT2D eigenvalue weighted by molar-refractivity contribution is -0.150. The lowest BCUT2D eigenvalue weighted by Crippen LogP contribution is -2.42. The van der Waals surface area contributed by atoms with Crippen molar-refractivity contribution in [2.24, 2.45) is 0 Å². The van der Waals surface area contributed by atoms with Crippen LogP contribution in [-0.2, 0) is 14.3 Å². The number of furan rings is 1. The number of carbonyl (C=O) groups is 3. The Bertz CT molecular complexity index is 1210. The van der Waals surface area contributed by atoms with E-state index in [0.717, 1.165) is 33.3 Å². The molecule has 3 aromatic rings. The third-order valence-corrected chi connectivity index (χ3v) is 6.22. The molecule has 0 unspecified atom stereocenters. The van der Waals surface area contributed by atoms with Crippen LogP contribution in [0.1, 0.15) is 25.2 Å². The van der Waals surface area contributed by atoms with Gasteiger partial charge in [-0.25, -0.2) is 9.78 Å². The summed E-state index contributed by atoms with van der Waals surface area (Å²) in [5.41, 5.74) is 2.95. The number of carbonyl (C=O) groups excluding carboxylic acids is 3. The molecule has 0 spiro atoms. The number of aryl methyl sites for hydroxylation is 1. The number of thioether (sulfide) groups is 1. The molecule has 8 nitrogen and oxygen atoms in total. The van der Waals surface area contributed by atoms with E-state index in [9.17, 15) is 14.4 Å². The molecule has 1 saturated heterocycles. The van der Waals surface area contributed by atoms with Crippen LogP contribution in [0.4, 0.5) is 4.79 Å².